The highest BCUT2D eigenvalue weighted by molar-refractivity contribution is 4.97. The second kappa shape index (κ2) is 2.76. The van der Waals surface area contributed by atoms with Crippen molar-refractivity contribution in [3.8, 4) is 0 Å². The van der Waals surface area contributed by atoms with E-state index in [1.165, 1.54) is 32.4 Å². The van der Waals surface area contributed by atoms with Gasteiger partial charge in [-0.3, -0.25) is 0 Å². The zero-order chi connectivity index (χ0) is 7.84. The van der Waals surface area contributed by atoms with Gasteiger partial charge in [-0.25, -0.2) is 0 Å². The predicted octanol–water partition coefficient (Wildman–Crippen LogP) is 0.785. The van der Waals surface area contributed by atoms with Crippen molar-refractivity contribution in [2.24, 2.45) is 0 Å². The van der Waals surface area contributed by atoms with E-state index in [9.17, 15) is 0 Å². The van der Waals surface area contributed by atoms with Crippen LogP contribution in [0.5, 0.6) is 0 Å². The predicted molar refractivity (Wildman–Crippen MR) is 46.7 cm³/mol. The Morgan fingerprint density at radius 1 is 1.00 bits per heavy atom. The third-order valence-electron chi connectivity index (χ3n) is 3.31. The highest BCUT2D eigenvalue weighted by Crippen LogP contribution is 2.27. The topological polar surface area (TPSA) is 6.48 Å². The average Bonchev–Trinajstić information content (AvgIpc) is 2.11. The number of fused-ring (bicyclic) bond motifs is 1. The maximum absolute atomic E-state index is 2.54. The fourth-order valence-electron chi connectivity index (χ4n) is 2.43. The molecule has 0 radical (unpaired) electrons. The van der Waals surface area contributed by atoms with Gasteiger partial charge in [0.2, 0.25) is 0 Å². The molecule has 2 heteroatoms. The zero-order valence-corrected chi connectivity index (χ0v) is 7.58. The zero-order valence-electron chi connectivity index (χ0n) is 7.58. The molecule has 0 spiro atoms. The van der Waals surface area contributed by atoms with Gasteiger partial charge in [-0.15, -0.1) is 0 Å². The Morgan fingerprint density at radius 2 is 1.82 bits per heavy atom. The van der Waals surface area contributed by atoms with E-state index in [1.807, 2.05) is 0 Å². The van der Waals surface area contributed by atoms with E-state index in [-0.39, 0.29) is 0 Å². The Bertz CT molecular complexity index is 146. The van der Waals surface area contributed by atoms with Crippen LogP contribution in [0.2, 0.25) is 0 Å². The number of nitrogens with zero attached hydrogens (tertiary/aromatic N) is 2. The second-order valence-electron chi connectivity index (χ2n) is 4.05. The summed E-state index contributed by atoms with van der Waals surface area (Å²) in [7, 11) is 4.52. The normalized spacial score (nSPS) is 40.9. The molecule has 2 aliphatic heterocycles. The van der Waals surface area contributed by atoms with Gasteiger partial charge < -0.3 is 9.80 Å². The molecular weight excluding hydrogens is 136 g/mol. The number of hydrogen-bond acceptors (Lipinski definition) is 2. The lowest BCUT2D eigenvalue weighted by Gasteiger charge is -2.49. The van der Waals surface area contributed by atoms with Crippen LogP contribution in [-0.2, 0) is 0 Å². The van der Waals surface area contributed by atoms with Gasteiger partial charge in [-0.2, -0.15) is 0 Å². The summed E-state index contributed by atoms with van der Waals surface area (Å²) < 4.78 is 0. The standard InChI is InChI=1S/C9H18N2/c1-10-6-4-3-5-8-9(10)7-11(8)2/h8-9H,3-7H2,1-2H3. The largest absolute Gasteiger partial charge is 0.301 e. The van der Waals surface area contributed by atoms with Crippen molar-refractivity contribution in [2.45, 2.75) is 31.3 Å². The molecule has 2 unspecified atom stereocenters. The summed E-state index contributed by atoms with van der Waals surface area (Å²) in [6.45, 7) is 2.61. The molecule has 2 nitrogen and oxygen atoms in total. The van der Waals surface area contributed by atoms with Crippen molar-refractivity contribution in [3.63, 3.8) is 0 Å². The van der Waals surface area contributed by atoms with E-state index in [4.69, 9.17) is 0 Å². The minimum absolute atomic E-state index is 0.877. The average molecular weight is 154 g/mol. The van der Waals surface area contributed by atoms with Gasteiger partial charge in [0, 0.05) is 18.6 Å². The van der Waals surface area contributed by atoms with Crippen LogP contribution >= 0.6 is 0 Å². The molecule has 0 aromatic rings. The molecule has 11 heavy (non-hydrogen) atoms. The van der Waals surface area contributed by atoms with E-state index in [0.29, 0.717) is 0 Å². The lowest BCUT2D eigenvalue weighted by atomic mass is 9.93. The van der Waals surface area contributed by atoms with E-state index in [2.05, 4.69) is 23.9 Å². The molecule has 2 atom stereocenters. The lowest BCUT2D eigenvalue weighted by molar-refractivity contribution is 0.00856. The van der Waals surface area contributed by atoms with E-state index >= 15 is 0 Å². The van der Waals surface area contributed by atoms with Gasteiger partial charge in [0.1, 0.15) is 0 Å². The van der Waals surface area contributed by atoms with Crippen LogP contribution in [-0.4, -0.2) is 49.1 Å². The molecule has 64 valence electrons. The first-order valence-electron chi connectivity index (χ1n) is 4.69. The smallest absolute Gasteiger partial charge is 0.0375 e. The molecule has 2 rings (SSSR count). The first kappa shape index (κ1) is 7.56. The van der Waals surface area contributed by atoms with E-state index in [1.54, 1.807) is 0 Å². The van der Waals surface area contributed by atoms with Crippen LogP contribution in [0.3, 0.4) is 0 Å². The fourth-order valence-corrected chi connectivity index (χ4v) is 2.43. The van der Waals surface area contributed by atoms with Gasteiger partial charge in [-0.05, 0) is 33.5 Å². The van der Waals surface area contributed by atoms with Crippen LogP contribution in [0.25, 0.3) is 0 Å². The maximum atomic E-state index is 2.54. The maximum Gasteiger partial charge on any atom is 0.0375 e. The molecule has 0 saturated carbocycles. The molecule has 2 saturated heterocycles. The molecule has 0 aliphatic carbocycles. The molecule has 0 N–H and O–H groups in total. The summed E-state index contributed by atoms with van der Waals surface area (Å²) in [5.41, 5.74) is 0. The Kier molecular flexibility index (Phi) is 1.90. The van der Waals surface area contributed by atoms with Crippen molar-refractivity contribution >= 4 is 0 Å². The third-order valence-corrected chi connectivity index (χ3v) is 3.31. The molecule has 0 aromatic carbocycles. The number of likely N-dealkylation sites (tertiary alicyclic amines) is 2. The second-order valence-corrected chi connectivity index (χ2v) is 4.05. The minimum atomic E-state index is 0.877. The highest BCUT2D eigenvalue weighted by atomic mass is 15.3. The molecule has 0 aromatic heterocycles. The number of hydrogen-bond donors (Lipinski definition) is 0. The number of likely N-dealkylation sites (N-methyl/N-ethyl adjacent to an activating group) is 2. The quantitative estimate of drug-likeness (QED) is 0.509. The number of rotatable bonds is 0. The van der Waals surface area contributed by atoms with Crippen LogP contribution in [0.1, 0.15) is 19.3 Å². The van der Waals surface area contributed by atoms with Crippen molar-refractivity contribution in [3.05, 3.63) is 0 Å². The monoisotopic (exact) mass is 154 g/mol. The summed E-state index contributed by atoms with van der Waals surface area (Å²) in [5.74, 6) is 0. The van der Waals surface area contributed by atoms with Crippen LogP contribution in [0, 0.1) is 0 Å². The summed E-state index contributed by atoms with van der Waals surface area (Å²) in [6.07, 6.45) is 4.25. The minimum Gasteiger partial charge on any atom is -0.301 e. The van der Waals surface area contributed by atoms with Crippen molar-refractivity contribution in [1.82, 2.24) is 9.80 Å². The fraction of sp³-hybridized carbons (Fsp3) is 1.00. The lowest BCUT2D eigenvalue weighted by Crippen LogP contribution is -2.63. The highest BCUT2D eigenvalue weighted by Gasteiger charge is 2.39. The van der Waals surface area contributed by atoms with Gasteiger partial charge in [0.25, 0.3) is 0 Å². The van der Waals surface area contributed by atoms with E-state index in [0.717, 1.165) is 12.1 Å². The molecule has 2 fully saturated rings. The van der Waals surface area contributed by atoms with Crippen molar-refractivity contribution in [1.29, 1.82) is 0 Å². The first-order valence-corrected chi connectivity index (χ1v) is 4.69. The first-order chi connectivity index (χ1) is 5.29. The van der Waals surface area contributed by atoms with Crippen molar-refractivity contribution in [2.75, 3.05) is 27.2 Å². The van der Waals surface area contributed by atoms with Gasteiger partial charge in [0.05, 0.1) is 0 Å². The molecule has 2 aliphatic rings. The van der Waals surface area contributed by atoms with Crippen LogP contribution < -0.4 is 0 Å². The molecule has 0 bridgehead atoms. The van der Waals surface area contributed by atoms with Gasteiger partial charge >= 0.3 is 0 Å². The van der Waals surface area contributed by atoms with Gasteiger partial charge in [0.15, 0.2) is 0 Å². The summed E-state index contributed by atoms with van der Waals surface area (Å²) in [4.78, 5) is 5.03. The molecule has 0 amide bonds. The Morgan fingerprint density at radius 3 is 2.55 bits per heavy atom. The van der Waals surface area contributed by atoms with Crippen LogP contribution in [0.4, 0.5) is 0 Å². The van der Waals surface area contributed by atoms with E-state index < -0.39 is 0 Å². The Labute approximate surface area is 69.2 Å². The Hall–Kier alpha value is -0.0800. The summed E-state index contributed by atoms with van der Waals surface area (Å²) in [5, 5.41) is 0. The van der Waals surface area contributed by atoms with Crippen LogP contribution in [0.15, 0.2) is 0 Å². The molecule has 2 heterocycles. The third kappa shape index (κ3) is 1.18. The SMILES string of the molecule is CN1CCCCC2C1CN2C. The Balaban J connectivity index is 2.00. The van der Waals surface area contributed by atoms with Crippen molar-refractivity contribution < 1.29 is 0 Å². The summed E-state index contributed by atoms with van der Waals surface area (Å²) in [6, 6.07) is 1.75. The molecular formula is C9H18N2. The summed E-state index contributed by atoms with van der Waals surface area (Å²) >= 11 is 0. The van der Waals surface area contributed by atoms with Gasteiger partial charge in [-0.1, -0.05) is 6.42 Å².